The number of rotatable bonds is 4. The lowest BCUT2D eigenvalue weighted by atomic mass is 10.0. The van der Waals surface area contributed by atoms with E-state index in [1.54, 1.807) is 14.2 Å². The van der Waals surface area contributed by atoms with Crippen molar-refractivity contribution in [3.8, 4) is 5.75 Å². The zero-order chi connectivity index (χ0) is 10.6. The van der Waals surface area contributed by atoms with Crippen LogP contribution in [0.5, 0.6) is 5.75 Å². The average Bonchev–Trinajstić information content (AvgIpc) is 2.19. The van der Waals surface area contributed by atoms with Crippen LogP contribution in [0.15, 0.2) is 18.2 Å². The maximum absolute atomic E-state index is 5.95. The van der Waals surface area contributed by atoms with Crippen molar-refractivity contribution in [3.63, 3.8) is 0 Å². The second-order valence-electron chi connectivity index (χ2n) is 3.28. The molecule has 1 atom stereocenters. The molecule has 0 saturated carbocycles. The summed E-state index contributed by atoms with van der Waals surface area (Å²) in [6.07, 6.45) is 0. The molecule has 1 aromatic carbocycles. The van der Waals surface area contributed by atoms with E-state index in [-0.39, 0.29) is 6.04 Å². The number of hydrogen-bond acceptors (Lipinski definition) is 3. The molecule has 0 radical (unpaired) electrons. The molecule has 0 bridgehead atoms. The molecule has 3 heteroatoms. The van der Waals surface area contributed by atoms with Gasteiger partial charge >= 0.3 is 0 Å². The van der Waals surface area contributed by atoms with Crippen molar-refractivity contribution in [1.29, 1.82) is 0 Å². The second-order valence-corrected chi connectivity index (χ2v) is 3.28. The molecule has 0 heterocycles. The van der Waals surface area contributed by atoms with Crippen LogP contribution < -0.4 is 10.5 Å². The Balaban J connectivity index is 2.93. The van der Waals surface area contributed by atoms with Crippen LogP contribution >= 0.6 is 0 Å². The Hall–Kier alpha value is -1.06. The van der Waals surface area contributed by atoms with Gasteiger partial charge in [-0.3, -0.25) is 0 Å². The quantitative estimate of drug-likeness (QED) is 0.794. The van der Waals surface area contributed by atoms with Gasteiger partial charge in [0.2, 0.25) is 0 Å². The zero-order valence-corrected chi connectivity index (χ0v) is 8.91. The Kier molecular flexibility index (Phi) is 3.92. The molecule has 0 fully saturated rings. The third kappa shape index (κ3) is 2.47. The Morgan fingerprint density at radius 3 is 2.64 bits per heavy atom. The van der Waals surface area contributed by atoms with Gasteiger partial charge in [0, 0.05) is 7.11 Å². The first-order valence-electron chi connectivity index (χ1n) is 4.58. The molecule has 0 unspecified atom stereocenters. The molecule has 0 amide bonds. The van der Waals surface area contributed by atoms with Crippen LogP contribution in [0, 0.1) is 6.92 Å². The van der Waals surface area contributed by atoms with Crippen LogP contribution in [0.2, 0.25) is 0 Å². The van der Waals surface area contributed by atoms with Crippen molar-refractivity contribution in [2.45, 2.75) is 13.0 Å². The molecule has 0 aromatic heterocycles. The minimum atomic E-state index is -0.0879. The second kappa shape index (κ2) is 4.98. The van der Waals surface area contributed by atoms with Crippen LogP contribution in [0.4, 0.5) is 0 Å². The first kappa shape index (κ1) is 11.0. The van der Waals surface area contributed by atoms with Gasteiger partial charge in [-0.05, 0) is 30.2 Å². The summed E-state index contributed by atoms with van der Waals surface area (Å²) in [7, 11) is 3.30. The highest BCUT2D eigenvalue weighted by molar-refractivity contribution is 5.36. The van der Waals surface area contributed by atoms with Gasteiger partial charge in [-0.1, -0.05) is 6.07 Å². The van der Waals surface area contributed by atoms with Gasteiger partial charge in [0.1, 0.15) is 5.75 Å². The van der Waals surface area contributed by atoms with Gasteiger partial charge < -0.3 is 15.2 Å². The number of ether oxygens (including phenoxy) is 2. The van der Waals surface area contributed by atoms with E-state index in [4.69, 9.17) is 15.2 Å². The smallest absolute Gasteiger partial charge is 0.119 e. The normalized spacial score (nSPS) is 12.6. The summed E-state index contributed by atoms with van der Waals surface area (Å²) >= 11 is 0. The highest BCUT2D eigenvalue weighted by Crippen LogP contribution is 2.21. The van der Waals surface area contributed by atoms with Crippen molar-refractivity contribution in [2.24, 2.45) is 5.73 Å². The first-order chi connectivity index (χ1) is 6.69. The van der Waals surface area contributed by atoms with E-state index in [0.29, 0.717) is 6.61 Å². The number of nitrogens with two attached hydrogens (primary N) is 1. The van der Waals surface area contributed by atoms with Crippen molar-refractivity contribution in [3.05, 3.63) is 29.3 Å². The molecule has 0 aliphatic heterocycles. The summed E-state index contributed by atoms with van der Waals surface area (Å²) < 4.78 is 10.2. The average molecular weight is 195 g/mol. The number of aryl methyl sites for hydroxylation is 1. The summed E-state index contributed by atoms with van der Waals surface area (Å²) in [5, 5.41) is 0. The SMILES string of the molecule is COC[C@H](N)c1cc(OC)ccc1C. The fourth-order valence-corrected chi connectivity index (χ4v) is 1.41. The zero-order valence-electron chi connectivity index (χ0n) is 8.91. The number of methoxy groups -OCH3 is 2. The molecule has 78 valence electrons. The van der Waals surface area contributed by atoms with Gasteiger partial charge in [-0.2, -0.15) is 0 Å². The third-order valence-electron chi connectivity index (χ3n) is 2.23. The van der Waals surface area contributed by atoms with E-state index in [9.17, 15) is 0 Å². The van der Waals surface area contributed by atoms with Crippen LogP contribution in [0.1, 0.15) is 17.2 Å². The minimum Gasteiger partial charge on any atom is -0.497 e. The Labute approximate surface area is 84.8 Å². The van der Waals surface area contributed by atoms with Gasteiger partial charge in [0.05, 0.1) is 19.8 Å². The van der Waals surface area contributed by atoms with Gasteiger partial charge in [-0.25, -0.2) is 0 Å². The fourth-order valence-electron chi connectivity index (χ4n) is 1.41. The fraction of sp³-hybridized carbons (Fsp3) is 0.455. The summed E-state index contributed by atoms with van der Waals surface area (Å²) in [6, 6.07) is 5.80. The molecule has 0 aliphatic carbocycles. The molecule has 2 N–H and O–H groups in total. The minimum absolute atomic E-state index is 0.0879. The summed E-state index contributed by atoms with van der Waals surface area (Å²) in [4.78, 5) is 0. The van der Waals surface area contributed by atoms with E-state index in [1.165, 1.54) is 0 Å². The largest absolute Gasteiger partial charge is 0.497 e. The molecule has 14 heavy (non-hydrogen) atoms. The lowest BCUT2D eigenvalue weighted by Crippen LogP contribution is -2.17. The molecular weight excluding hydrogens is 178 g/mol. The van der Waals surface area contributed by atoms with Crippen LogP contribution in [0.3, 0.4) is 0 Å². The molecule has 3 nitrogen and oxygen atoms in total. The summed E-state index contributed by atoms with van der Waals surface area (Å²) in [5.74, 6) is 0.831. The van der Waals surface area contributed by atoms with E-state index < -0.39 is 0 Å². The standard InChI is InChI=1S/C11H17NO2/c1-8-4-5-9(14-3)6-10(8)11(12)7-13-2/h4-6,11H,7,12H2,1-3H3/t11-/m0/s1. The monoisotopic (exact) mass is 195 g/mol. The van der Waals surface area contributed by atoms with Crippen molar-refractivity contribution < 1.29 is 9.47 Å². The van der Waals surface area contributed by atoms with Gasteiger partial charge in [-0.15, -0.1) is 0 Å². The molecule has 0 spiro atoms. The van der Waals surface area contributed by atoms with Crippen molar-refractivity contribution in [2.75, 3.05) is 20.8 Å². The van der Waals surface area contributed by atoms with Crippen LogP contribution in [-0.2, 0) is 4.74 Å². The lowest BCUT2D eigenvalue weighted by molar-refractivity contribution is 0.180. The molecular formula is C11H17NO2. The highest BCUT2D eigenvalue weighted by Gasteiger charge is 2.09. The summed E-state index contributed by atoms with van der Waals surface area (Å²) in [6.45, 7) is 2.55. The van der Waals surface area contributed by atoms with E-state index in [2.05, 4.69) is 0 Å². The first-order valence-corrected chi connectivity index (χ1v) is 4.58. The van der Waals surface area contributed by atoms with E-state index in [0.717, 1.165) is 16.9 Å². The van der Waals surface area contributed by atoms with Crippen molar-refractivity contribution >= 4 is 0 Å². The maximum atomic E-state index is 5.95. The molecule has 1 rings (SSSR count). The van der Waals surface area contributed by atoms with Crippen molar-refractivity contribution in [1.82, 2.24) is 0 Å². The Morgan fingerprint density at radius 2 is 2.07 bits per heavy atom. The van der Waals surface area contributed by atoms with Gasteiger partial charge in [0.25, 0.3) is 0 Å². The molecule has 1 aromatic rings. The molecule has 0 aliphatic rings. The highest BCUT2D eigenvalue weighted by atomic mass is 16.5. The van der Waals surface area contributed by atoms with E-state index >= 15 is 0 Å². The van der Waals surface area contributed by atoms with E-state index in [1.807, 2.05) is 25.1 Å². The predicted octanol–water partition coefficient (Wildman–Crippen LogP) is 1.65. The number of hydrogen-bond donors (Lipinski definition) is 1. The van der Waals surface area contributed by atoms with Gasteiger partial charge in [0.15, 0.2) is 0 Å². The third-order valence-corrected chi connectivity index (χ3v) is 2.23. The van der Waals surface area contributed by atoms with Crippen LogP contribution in [-0.4, -0.2) is 20.8 Å². The Morgan fingerprint density at radius 1 is 1.36 bits per heavy atom. The van der Waals surface area contributed by atoms with Crippen LogP contribution in [0.25, 0.3) is 0 Å². The number of benzene rings is 1. The Bertz CT molecular complexity index is 299. The lowest BCUT2D eigenvalue weighted by Gasteiger charge is -2.14. The topological polar surface area (TPSA) is 44.5 Å². The molecule has 0 saturated heterocycles. The maximum Gasteiger partial charge on any atom is 0.119 e. The predicted molar refractivity (Wildman–Crippen MR) is 56.5 cm³/mol. The summed E-state index contributed by atoms with van der Waals surface area (Å²) in [5.41, 5.74) is 8.19.